The zero-order valence-corrected chi connectivity index (χ0v) is 43.4. The van der Waals surface area contributed by atoms with Crippen molar-refractivity contribution in [3.63, 3.8) is 0 Å². The summed E-state index contributed by atoms with van der Waals surface area (Å²) in [5.74, 6) is 0.239. The maximum Gasteiger partial charge on any atom is 0.293 e. The van der Waals surface area contributed by atoms with E-state index in [-0.39, 0.29) is 45.4 Å². The predicted molar refractivity (Wildman–Crippen MR) is 283 cm³/mol. The van der Waals surface area contributed by atoms with Crippen molar-refractivity contribution in [2.24, 2.45) is 17.3 Å². The van der Waals surface area contributed by atoms with Gasteiger partial charge in [0, 0.05) is 81.0 Å². The molecule has 2 saturated carbocycles. The minimum absolute atomic E-state index is 0.0867. The van der Waals surface area contributed by atoms with Gasteiger partial charge in [-0.15, -0.1) is 0 Å². The molecule has 3 aromatic carbocycles. The second-order valence-electron chi connectivity index (χ2n) is 22.4. The second kappa shape index (κ2) is 19.8. The number of H-pyrrole nitrogens is 1. The molecule has 5 aromatic rings. The van der Waals surface area contributed by atoms with E-state index in [9.17, 15) is 23.3 Å². The summed E-state index contributed by atoms with van der Waals surface area (Å²) < 4.78 is 49.1. The lowest BCUT2D eigenvalue weighted by Crippen LogP contribution is -2.55. The summed E-state index contributed by atoms with van der Waals surface area (Å²) in [4.78, 5) is 41.6. The Kier molecular flexibility index (Phi) is 13.4. The molecular formula is C56H70N8O8S. The van der Waals surface area contributed by atoms with Crippen molar-refractivity contribution >= 4 is 55.4 Å². The fraction of sp³-hybridized carbons (Fsp3) is 0.536. The number of aromatic amines is 1. The molecule has 388 valence electrons. The van der Waals surface area contributed by atoms with Gasteiger partial charge in [0.15, 0.2) is 0 Å². The Morgan fingerprint density at radius 3 is 2.53 bits per heavy atom. The summed E-state index contributed by atoms with van der Waals surface area (Å²) >= 11 is 0. The van der Waals surface area contributed by atoms with Crippen molar-refractivity contribution in [1.82, 2.24) is 19.6 Å². The largest absolute Gasteiger partial charge is 0.472 e. The first-order valence-electron chi connectivity index (χ1n) is 26.6. The fourth-order valence-electron chi connectivity index (χ4n) is 13.1. The van der Waals surface area contributed by atoms with Gasteiger partial charge in [0.2, 0.25) is 5.88 Å². The number of likely N-dealkylation sites (tertiary alicyclic amines) is 1. The highest BCUT2D eigenvalue weighted by Crippen LogP contribution is 2.55. The molecule has 73 heavy (non-hydrogen) atoms. The Bertz CT molecular complexity index is 2970. The maximum absolute atomic E-state index is 14.7. The second-order valence-corrected chi connectivity index (χ2v) is 24.1. The fourth-order valence-corrected chi connectivity index (χ4v) is 14.0. The third-order valence-electron chi connectivity index (χ3n) is 17.6. The van der Waals surface area contributed by atoms with Crippen LogP contribution in [0.25, 0.3) is 11.0 Å². The smallest absolute Gasteiger partial charge is 0.293 e. The van der Waals surface area contributed by atoms with Gasteiger partial charge in [0.05, 0.1) is 39.9 Å². The molecule has 1 spiro atoms. The number of carbonyl (C=O) groups is 1. The summed E-state index contributed by atoms with van der Waals surface area (Å²) in [6, 6.07) is 23.4. The van der Waals surface area contributed by atoms with Gasteiger partial charge >= 0.3 is 0 Å². The lowest BCUT2D eigenvalue weighted by atomic mass is 9.59. The molecular weight excluding hydrogens is 945 g/mol. The van der Waals surface area contributed by atoms with Crippen LogP contribution in [0, 0.1) is 27.4 Å². The van der Waals surface area contributed by atoms with Gasteiger partial charge < -0.3 is 34.3 Å². The molecule has 0 radical (unpaired) electrons. The zero-order valence-electron chi connectivity index (χ0n) is 42.6. The highest BCUT2D eigenvalue weighted by Gasteiger charge is 2.50. The van der Waals surface area contributed by atoms with E-state index >= 15 is 0 Å². The number of methoxy groups -OCH3 is 1. The van der Waals surface area contributed by atoms with Crippen LogP contribution in [0.3, 0.4) is 0 Å². The number of nitrogens with zero attached hydrogens (tertiary/aromatic N) is 5. The number of ether oxygens (including phenoxy) is 3. The number of piperidine rings is 1. The van der Waals surface area contributed by atoms with E-state index in [1.54, 1.807) is 13.2 Å². The number of carbonyl (C=O) groups excluding carboxylic acids is 1. The SMILES string of the molecule is COC1(C)CCC(CNc2ccc(S(=O)(=O)NC(=O)c3ccc(N4CCC5(CC4)CC(N4CCC[C@H]4c4ccccc4C(C)C)C5)cc3N3C[C@H]4COCC[C@@H]4Oc4nc5[nH]ccc5cc43)cc2[N+](=O)[O-])CC1. The topological polar surface area (TPSA) is 184 Å². The van der Waals surface area contributed by atoms with Gasteiger partial charge in [0.1, 0.15) is 23.1 Å². The van der Waals surface area contributed by atoms with Crippen LogP contribution in [-0.4, -0.2) is 105 Å². The van der Waals surface area contributed by atoms with Crippen molar-refractivity contribution in [3.05, 3.63) is 106 Å². The Morgan fingerprint density at radius 2 is 1.77 bits per heavy atom. The molecule has 0 unspecified atom stereocenters. The van der Waals surface area contributed by atoms with E-state index in [1.165, 1.54) is 48.9 Å². The average molecular weight is 1020 g/mol. The number of rotatable bonds is 13. The van der Waals surface area contributed by atoms with E-state index in [4.69, 9.17) is 19.2 Å². The monoisotopic (exact) mass is 1010 g/mol. The van der Waals surface area contributed by atoms with Crippen LogP contribution in [0.15, 0.2) is 83.9 Å². The molecule has 0 bridgehead atoms. The van der Waals surface area contributed by atoms with Gasteiger partial charge in [-0.1, -0.05) is 38.1 Å². The van der Waals surface area contributed by atoms with E-state index in [2.05, 4.69) is 69.9 Å². The third kappa shape index (κ3) is 9.78. The average Bonchev–Trinajstić information content (AvgIpc) is 4.03. The van der Waals surface area contributed by atoms with Crippen LogP contribution in [0.4, 0.5) is 28.4 Å². The quantitative estimate of drug-likeness (QED) is 0.0749. The first-order valence-corrected chi connectivity index (χ1v) is 28.1. The summed E-state index contributed by atoms with van der Waals surface area (Å²) in [5, 5.41) is 16.5. The molecule has 3 N–H and O–H groups in total. The number of aromatic nitrogens is 2. The number of nitro groups is 1. The summed E-state index contributed by atoms with van der Waals surface area (Å²) in [7, 11) is -2.88. The van der Waals surface area contributed by atoms with Gasteiger partial charge in [0.25, 0.3) is 21.6 Å². The summed E-state index contributed by atoms with van der Waals surface area (Å²) in [5.41, 5.74) is 5.80. The molecule has 3 saturated heterocycles. The lowest BCUT2D eigenvalue weighted by Gasteiger charge is -2.56. The molecule has 16 nitrogen and oxygen atoms in total. The molecule has 5 fully saturated rings. The highest BCUT2D eigenvalue weighted by atomic mass is 32.2. The number of nitrogens with one attached hydrogen (secondary N) is 3. The van der Waals surface area contributed by atoms with Gasteiger partial charge in [-0.2, -0.15) is 4.98 Å². The van der Waals surface area contributed by atoms with Crippen LogP contribution in [0.1, 0.15) is 125 Å². The Balaban J connectivity index is 0.860. The lowest BCUT2D eigenvalue weighted by molar-refractivity contribution is -0.384. The number of hydrogen-bond acceptors (Lipinski definition) is 13. The van der Waals surface area contributed by atoms with Gasteiger partial charge in [-0.05, 0) is 149 Å². The molecule has 2 aliphatic carbocycles. The Hall–Kier alpha value is -5.75. The van der Waals surface area contributed by atoms with Gasteiger partial charge in [-0.3, -0.25) is 19.8 Å². The third-order valence-corrected chi connectivity index (χ3v) is 18.9. The first-order chi connectivity index (χ1) is 35.2. The van der Waals surface area contributed by atoms with Crippen molar-refractivity contribution < 1.29 is 32.3 Å². The number of sulfonamides is 1. The molecule has 17 heteroatoms. The predicted octanol–water partition coefficient (Wildman–Crippen LogP) is 10.2. The van der Waals surface area contributed by atoms with Crippen LogP contribution in [-0.2, 0) is 19.5 Å². The van der Waals surface area contributed by atoms with Crippen molar-refractivity contribution in [1.29, 1.82) is 0 Å². The number of fused-ring (bicyclic) bond motifs is 3. The molecule has 6 heterocycles. The standard InChI is InChI=1S/C56H70N8O8S/c1-36(2)43-8-5-6-9-44(43)47-10-7-24-62(47)41-31-56(32-41)21-25-61(26-22-56)40-11-13-45(48(29-40)63-34-39-35-71-27-18-51(39)72-54-50(63)28-38-17-23-57-52(38)59-54)53(65)60-73(68,69)42-12-14-46(49(30-42)64(66)67)58-33-37-15-19-55(3,70-4)20-16-37/h5-6,8-9,11-14,17,23,28-30,36-37,39,41,47,51,58H,7,10,15-16,18-22,24-27,31-35H2,1-4H3,(H,57,59)(H,60,65)/t37?,39-,47-,51-,55?/m0/s1. The number of hydrogen-bond donors (Lipinski definition) is 3. The Labute approximate surface area is 428 Å². The van der Waals surface area contributed by atoms with Crippen LogP contribution in [0.5, 0.6) is 5.88 Å². The molecule has 3 atom stereocenters. The minimum Gasteiger partial charge on any atom is -0.472 e. The van der Waals surface area contributed by atoms with Crippen molar-refractivity contribution in [2.75, 3.05) is 68.2 Å². The minimum atomic E-state index is -4.60. The number of anilines is 4. The zero-order chi connectivity index (χ0) is 50.6. The van der Waals surface area contributed by atoms with Crippen molar-refractivity contribution in [3.8, 4) is 5.88 Å². The number of nitro benzene ring substituents is 1. The van der Waals surface area contributed by atoms with Crippen molar-refractivity contribution in [2.45, 2.75) is 126 Å². The van der Waals surface area contributed by atoms with Crippen LogP contribution >= 0.6 is 0 Å². The van der Waals surface area contributed by atoms with E-state index < -0.39 is 20.9 Å². The Morgan fingerprint density at radius 1 is 0.973 bits per heavy atom. The number of pyridine rings is 1. The van der Waals surface area contributed by atoms with E-state index in [0.29, 0.717) is 79.0 Å². The van der Waals surface area contributed by atoms with E-state index in [1.807, 2.05) is 35.4 Å². The molecule has 2 aromatic heterocycles. The normalized spacial score (nSPS) is 25.4. The maximum atomic E-state index is 14.7. The van der Waals surface area contributed by atoms with Crippen LogP contribution < -0.4 is 24.6 Å². The van der Waals surface area contributed by atoms with Crippen LogP contribution in [0.2, 0.25) is 0 Å². The number of amides is 1. The van der Waals surface area contributed by atoms with E-state index in [0.717, 1.165) is 75.3 Å². The molecule has 4 aliphatic heterocycles. The first kappa shape index (κ1) is 49.5. The molecule has 1 amide bonds. The highest BCUT2D eigenvalue weighted by molar-refractivity contribution is 7.90. The molecule has 6 aliphatic rings. The van der Waals surface area contributed by atoms with Gasteiger partial charge in [-0.25, -0.2) is 13.1 Å². The summed E-state index contributed by atoms with van der Waals surface area (Å²) in [6.07, 6.45) is 12.8. The molecule has 11 rings (SSSR count). The summed E-state index contributed by atoms with van der Waals surface area (Å²) in [6.45, 7) is 11.5. The number of benzene rings is 3.